The molecule has 29 heavy (non-hydrogen) atoms. The van der Waals surface area contributed by atoms with E-state index in [1.165, 1.54) is 44.3 Å². The lowest BCUT2D eigenvalue weighted by atomic mass is 9.94. The van der Waals surface area contributed by atoms with Gasteiger partial charge in [-0.2, -0.15) is 0 Å². The van der Waals surface area contributed by atoms with E-state index in [4.69, 9.17) is 11.6 Å². The molecule has 154 valence electrons. The number of fused-ring (bicyclic) bond motifs is 1. The van der Waals surface area contributed by atoms with E-state index >= 15 is 0 Å². The van der Waals surface area contributed by atoms with Gasteiger partial charge in [0.2, 0.25) is 0 Å². The fourth-order valence-corrected chi connectivity index (χ4v) is 5.49. The summed E-state index contributed by atoms with van der Waals surface area (Å²) >= 11 is 6.06. The maximum Gasteiger partial charge on any atom is 0.0515 e. The SMILES string of the molecule is Clc1ccc(C2NNCC2CNC2CCCN(C3Cc4ccccc4C3)C2)cc1. The Morgan fingerprint density at radius 1 is 1.03 bits per heavy atom. The highest BCUT2D eigenvalue weighted by Crippen LogP contribution is 2.28. The molecule has 2 aromatic rings. The number of nitrogens with one attached hydrogen (secondary N) is 3. The van der Waals surface area contributed by atoms with E-state index in [-0.39, 0.29) is 0 Å². The number of hydrogen-bond acceptors (Lipinski definition) is 4. The lowest BCUT2D eigenvalue weighted by Crippen LogP contribution is -2.51. The molecule has 5 heteroatoms. The van der Waals surface area contributed by atoms with Crippen LogP contribution in [0.1, 0.15) is 35.6 Å². The molecule has 2 fully saturated rings. The molecule has 3 atom stereocenters. The second-order valence-corrected chi connectivity index (χ2v) is 9.32. The Hall–Kier alpha value is -1.43. The molecule has 1 aliphatic carbocycles. The zero-order valence-electron chi connectivity index (χ0n) is 16.9. The zero-order chi connectivity index (χ0) is 19.6. The van der Waals surface area contributed by atoms with Crippen molar-refractivity contribution >= 4 is 11.6 Å². The standard InChI is InChI=1S/C24H31ClN4/c25-21-9-7-17(8-10-21)24-20(15-27-28-24)14-26-22-6-3-11-29(16-22)23-12-18-4-1-2-5-19(18)13-23/h1-2,4-5,7-10,20,22-24,26-28H,3,6,11-16H2. The van der Waals surface area contributed by atoms with Crippen molar-refractivity contribution in [3.8, 4) is 0 Å². The van der Waals surface area contributed by atoms with Gasteiger partial charge < -0.3 is 5.32 Å². The van der Waals surface area contributed by atoms with Gasteiger partial charge in [0, 0.05) is 42.7 Å². The van der Waals surface area contributed by atoms with Crippen LogP contribution in [0.15, 0.2) is 48.5 Å². The van der Waals surface area contributed by atoms with Crippen molar-refractivity contribution in [2.45, 2.75) is 43.8 Å². The third-order valence-corrected chi connectivity index (χ3v) is 7.24. The highest BCUT2D eigenvalue weighted by Gasteiger charge is 2.32. The zero-order valence-corrected chi connectivity index (χ0v) is 17.7. The molecule has 4 nitrogen and oxygen atoms in total. The molecule has 2 aromatic carbocycles. The molecule has 2 heterocycles. The number of hydrogen-bond donors (Lipinski definition) is 3. The van der Waals surface area contributed by atoms with Crippen LogP contribution < -0.4 is 16.2 Å². The number of halogens is 1. The molecular formula is C24H31ClN4. The maximum atomic E-state index is 6.06. The lowest BCUT2D eigenvalue weighted by Gasteiger charge is -2.37. The average Bonchev–Trinajstić information content (AvgIpc) is 3.40. The predicted molar refractivity (Wildman–Crippen MR) is 119 cm³/mol. The van der Waals surface area contributed by atoms with E-state index in [0.717, 1.165) is 18.1 Å². The van der Waals surface area contributed by atoms with Crippen LogP contribution in [-0.2, 0) is 12.8 Å². The van der Waals surface area contributed by atoms with Gasteiger partial charge in [-0.1, -0.05) is 48.0 Å². The number of rotatable bonds is 5. The Morgan fingerprint density at radius 2 is 1.79 bits per heavy atom. The van der Waals surface area contributed by atoms with Gasteiger partial charge in [0.1, 0.15) is 0 Å². The smallest absolute Gasteiger partial charge is 0.0515 e. The van der Waals surface area contributed by atoms with Gasteiger partial charge in [-0.3, -0.25) is 10.3 Å². The molecule has 2 saturated heterocycles. The van der Waals surface area contributed by atoms with Gasteiger partial charge in [0.05, 0.1) is 6.04 Å². The van der Waals surface area contributed by atoms with Gasteiger partial charge in [0.25, 0.3) is 0 Å². The van der Waals surface area contributed by atoms with Crippen LogP contribution in [0, 0.1) is 5.92 Å². The number of piperidine rings is 1. The molecule has 0 radical (unpaired) electrons. The summed E-state index contributed by atoms with van der Waals surface area (Å²) in [5, 5.41) is 4.70. The molecule has 0 bridgehead atoms. The number of benzene rings is 2. The molecule has 5 rings (SSSR count). The number of likely N-dealkylation sites (tertiary alicyclic amines) is 1. The Labute approximate surface area is 179 Å². The minimum absolute atomic E-state index is 0.337. The Kier molecular flexibility index (Phi) is 5.89. The fraction of sp³-hybridized carbons (Fsp3) is 0.500. The minimum Gasteiger partial charge on any atom is -0.312 e. The molecule has 2 aliphatic heterocycles. The normalized spacial score (nSPS) is 28.0. The monoisotopic (exact) mass is 410 g/mol. The topological polar surface area (TPSA) is 39.3 Å². The molecule has 3 unspecified atom stereocenters. The molecular weight excluding hydrogens is 380 g/mol. The van der Waals surface area contributed by atoms with Crippen LogP contribution in [-0.4, -0.2) is 43.2 Å². The predicted octanol–water partition coefficient (Wildman–Crippen LogP) is 3.33. The molecule has 3 aliphatic rings. The Balaban J connectivity index is 1.16. The summed E-state index contributed by atoms with van der Waals surface area (Å²) in [5.41, 5.74) is 11.2. The highest BCUT2D eigenvalue weighted by atomic mass is 35.5. The summed E-state index contributed by atoms with van der Waals surface area (Å²) < 4.78 is 0. The van der Waals surface area contributed by atoms with Crippen LogP contribution in [0.2, 0.25) is 5.02 Å². The van der Waals surface area contributed by atoms with Gasteiger partial charge >= 0.3 is 0 Å². The number of nitrogens with zero attached hydrogens (tertiary/aromatic N) is 1. The minimum atomic E-state index is 0.337. The number of hydrazine groups is 1. The second-order valence-electron chi connectivity index (χ2n) is 8.89. The summed E-state index contributed by atoms with van der Waals surface area (Å²) in [5.74, 6) is 0.544. The first-order valence-electron chi connectivity index (χ1n) is 11.0. The highest BCUT2D eigenvalue weighted by molar-refractivity contribution is 6.30. The van der Waals surface area contributed by atoms with E-state index in [2.05, 4.69) is 57.5 Å². The van der Waals surface area contributed by atoms with Gasteiger partial charge in [0.15, 0.2) is 0 Å². The molecule has 3 N–H and O–H groups in total. The van der Waals surface area contributed by atoms with Crippen molar-refractivity contribution in [3.05, 3.63) is 70.2 Å². The summed E-state index contributed by atoms with van der Waals surface area (Å²) in [6, 6.07) is 18.9. The Morgan fingerprint density at radius 3 is 2.55 bits per heavy atom. The first kappa shape index (κ1) is 19.5. The van der Waals surface area contributed by atoms with E-state index in [0.29, 0.717) is 24.0 Å². The third kappa shape index (κ3) is 4.37. The second kappa shape index (κ2) is 8.75. The van der Waals surface area contributed by atoms with Crippen LogP contribution in [0.5, 0.6) is 0 Å². The van der Waals surface area contributed by atoms with Crippen molar-refractivity contribution in [1.82, 2.24) is 21.1 Å². The van der Waals surface area contributed by atoms with E-state index in [1.54, 1.807) is 11.1 Å². The summed E-state index contributed by atoms with van der Waals surface area (Å²) in [4.78, 5) is 2.74. The largest absolute Gasteiger partial charge is 0.312 e. The quantitative estimate of drug-likeness (QED) is 0.707. The van der Waals surface area contributed by atoms with Crippen molar-refractivity contribution in [2.75, 3.05) is 26.2 Å². The van der Waals surface area contributed by atoms with E-state index in [9.17, 15) is 0 Å². The first-order valence-corrected chi connectivity index (χ1v) is 11.4. The molecule has 0 spiro atoms. The van der Waals surface area contributed by atoms with E-state index < -0.39 is 0 Å². The van der Waals surface area contributed by atoms with Crippen LogP contribution in [0.25, 0.3) is 0 Å². The Bertz CT molecular complexity index is 799. The van der Waals surface area contributed by atoms with Crippen LogP contribution in [0.4, 0.5) is 0 Å². The molecule has 0 aromatic heterocycles. The van der Waals surface area contributed by atoms with Gasteiger partial charge in [-0.25, -0.2) is 5.43 Å². The maximum absolute atomic E-state index is 6.06. The van der Waals surface area contributed by atoms with Crippen LogP contribution >= 0.6 is 11.6 Å². The van der Waals surface area contributed by atoms with Crippen molar-refractivity contribution < 1.29 is 0 Å². The molecule has 0 amide bonds. The van der Waals surface area contributed by atoms with Crippen LogP contribution in [0.3, 0.4) is 0 Å². The summed E-state index contributed by atoms with van der Waals surface area (Å²) in [7, 11) is 0. The fourth-order valence-electron chi connectivity index (χ4n) is 5.37. The van der Waals surface area contributed by atoms with E-state index in [1.807, 2.05) is 12.1 Å². The van der Waals surface area contributed by atoms with Crippen molar-refractivity contribution in [2.24, 2.45) is 5.92 Å². The van der Waals surface area contributed by atoms with Crippen molar-refractivity contribution in [1.29, 1.82) is 0 Å². The molecule has 0 saturated carbocycles. The summed E-state index contributed by atoms with van der Waals surface area (Å²) in [6.07, 6.45) is 5.03. The average molecular weight is 411 g/mol. The van der Waals surface area contributed by atoms with Gasteiger partial charge in [-0.05, 0) is 61.1 Å². The first-order chi connectivity index (χ1) is 14.3. The third-order valence-electron chi connectivity index (χ3n) is 6.99. The van der Waals surface area contributed by atoms with Crippen molar-refractivity contribution in [3.63, 3.8) is 0 Å². The summed E-state index contributed by atoms with van der Waals surface area (Å²) in [6.45, 7) is 4.46. The van der Waals surface area contributed by atoms with Gasteiger partial charge in [-0.15, -0.1) is 0 Å². The lowest BCUT2D eigenvalue weighted by molar-refractivity contribution is 0.138.